The standard InChI is InChI=1S/C24H40O2/c1-3-4-5-18-6-8-19(9-7-18)20-10-12-21(13-11-20)22-14-16-23(17-15-22)24(25)26-2/h3,18-23H,1,4-17H2,2H3/t18-,19-,20?,21?,22-,23-. The molecule has 0 aromatic carbocycles. The van der Waals surface area contributed by atoms with Crippen LogP contribution in [0.5, 0.6) is 0 Å². The molecule has 3 aliphatic carbocycles. The number of methoxy groups -OCH3 is 1. The molecular formula is C24H40O2. The molecule has 0 aromatic heterocycles. The second kappa shape index (κ2) is 9.95. The highest BCUT2D eigenvalue weighted by molar-refractivity contribution is 5.72. The summed E-state index contributed by atoms with van der Waals surface area (Å²) in [5.41, 5.74) is 0. The Morgan fingerprint density at radius 2 is 1.23 bits per heavy atom. The number of hydrogen-bond acceptors (Lipinski definition) is 2. The molecule has 3 fully saturated rings. The van der Waals surface area contributed by atoms with Crippen LogP contribution in [0.3, 0.4) is 0 Å². The second-order valence-corrected chi connectivity index (χ2v) is 9.46. The first-order valence-corrected chi connectivity index (χ1v) is 11.4. The Morgan fingerprint density at radius 3 is 1.65 bits per heavy atom. The third kappa shape index (κ3) is 5.14. The summed E-state index contributed by atoms with van der Waals surface area (Å²) in [6.45, 7) is 3.87. The molecule has 0 spiro atoms. The van der Waals surface area contributed by atoms with Gasteiger partial charge in [0.15, 0.2) is 0 Å². The Kier molecular flexibility index (Phi) is 7.64. The predicted molar refractivity (Wildman–Crippen MR) is 108 cm³/mol. The first-order valence-electron chi connectivity index (χ1n) is 11.4. The van der Waals surface area contributed by atoms with Crippen LogP contribution in [0, 0.1) is 35.5 Å². The third-order valence-electron chi connectivity index (χ3n) is 8.13. The van der Waals surface area contributed by atoms with Gasteiger partial charge in [0.2, 0.25) is 0 Å². The minimum Gasteiger partial charge on any atom is -0.469 e. The molecule has 0 unspecified atom stereocenters. The lowest BCUT2D eigenvalue weighted by Gasteiger charge is -2.41. The molecule has 0 heterocycles. The monoisotopic (exact) mass is 360 g/mol. The third-order valence-corrected chi connectivity index (χ3v) is 8.13. The number of esters is 1. The average molecular weight is 361 g/mol. The summed E-state index contributed by atoms with van der Waals surface area (Å²) in [6, 6.07) is 0. The van der Waals surface area contributed by atoms with E-state index in [2.05, 4.69) is 12.7 Å². The van der Waals surface area contributed by atoms with E-state index in [1.165, 1.54) is 84.2 Å². The fourth-order valence-electron chi connectivity index (χ4n) is 6.38. The zero-order chi connectivity index (χ0) is 18.4. The van der Waals surface area contributed by atoms with Crippen molar-refractivity contribution in [1.29, 1.82) is 0 Å². The SMILES string of the molecule is C=CCC[C@H]1CC[C@H](C2CCC([C@H]3CC[C@H](C(=O)OC)CC3)CC2)CC1. The fourth-order valence-corrected chi connectivity index (χ4v) is 6.38. The Hall–Kier alpha value is -0.790. The summed E-state index contributed by atoms with van der Waals surface area (Å²) in [5.74, 6) is 5.04. The maximum atomic E-state index is 11.7. The highest BCUT2D eigenvalue weighted by atomic mass is 16.5. The fraction of sp³-hybridized carbons (Fsp3) is 0.875. The van der Waals surface area contributed by atoms with Crippen LogP contribution < -0.4 is 0 Å². The summed E-state index contributed by atoms with van der Waals surface area (Å²) in [7, 11) is 1.53. The van der Waals surface area contributed by atoms with Crippen molar-refractivity contribution in [2.45, 2.75) is 89.9 Å². The molecule has 148 valence electrons. The van der Waals surface area contributed by atoms with E-state index in [0.29, 0.717) is 0 Å². The van der Waals surface area contributed by atoms with Crippen LogP contribution in [-0.4, -0.2) is 13.1 Å². The second-order valence-electron chi connectivity index (χ2n) is 9.46. The van der Waals surface area contributed by atoms with Gasteiger partial charge in [0, 0.05) is 0 Å². The van der Waals surface area contributed by atoms with Crippen molar-refractivity contribution in [1.82, 2.24) is 0 Å². The summed E-state index contributed by atoms with van der Waals surface area (Å²) in [5, 5.41) is 0. The van der Waals surface area contributed by atoms with E-state index in [0.717, 1.165) is 42.4 Å². The zero-order valence-electron chi connectivity index (χ0n) is 17.0. The number of carbonyl (C=O) groups is 1. The average Bonchev–Trinajstić information content (AvgIpc) is 2.72. The van der Waals surface area contributed by atoms with Gasteiger partial charge in [-0.1, -0.05) is 18.9 Å². The van der Waals surface area contributed by atoms with Crippen molar-refractivity contribution in [3.8, 4) is 0 Å². The summed E-state index contributed by atoms with van der Waals surface area (Å²) in [6.07, 6.45) is 21.1. The summed E-state index contributed by atoms with van der Waals surface area (Å²) >= 11 is 0. The predicted octanol–water partition coefficient (Wildman–Crippen LogP) is 6.54. The van der Waals surface area contributed by atoms with Gasteiger partial charge in [0.25, 0.3) is 0 Å². The minimum absolute atomic E-state index is 0.0239. The van der Waals surface area contributed by atoms with Gasteiger partial charge >= 0.3 is 5.97 Å². The molecule has 3 rings (SSSR count). The van der Waals surface area contributed by atoms with Gasteiger partial charge in [-0.05, 0) is 107 Å². The van der Waals surface area contributed by atoms with E-state index in [9.17, 15) is 4.79 Å². The van der Waals surface area contributed by atoms with Crippen molar-refractivity contribution >= 4 is 5.97 Å². The molecule has 2 heteroatoms. The molecule has 3 aliphatic rings. The Labute approximate surface area is 161 Å². The lowest BCUT2D eigenvalue weighted by molar-refractivity contribution is -0.147. The molecule has 0 bridgehead atoms. The molecule has 0 saturated heterocycles. The van der Waals surface area contributed by atoms with Crippen molar-refractivity contribution in [2.75, 3.05) is 7.11 Å². The van der Waals surface area contributed by atoms with Crippen molar-refractivity contribution in [3.63, 3.8) is 0 Å². The zero-order valence-corrected chi connectivity index (χ0v) is 17.0. The number of carbonyl (C=O) groups excluding carboxylic acids is 1. The molecule has 0 atom stereocenters. The van der Waals surface area contributed by atoms with Crippen LogP contribution in [0.4, 0.5) is 0 Å². The molecule has 0 N–H and O–H groups in total. The number of allylic oxidation sites excluding steroid dienone is 1. The van der Waals surface area contributed by atoms with E-state index < -0.39 is 0 Å². The number of ether oxygens (including phenoxy) is 1. The van der Waals surface area contributed by atoms with Crippen LogP contribution in [0.15, 0.2) is 12.7 Å². The highest BCUT2D eigenvalue weighted by Gasteiger charge is 2.35. The van der Waals surface area contributed by atoms with Gasteiger partial charge in [-0.2, -0.15) is 0 Å². The van der Waals surface area contributed by atoms with Crippen molar-refractivity contribution < 1.29 is 9.53 Å². The Bertz CT molecular complexity index is 433. The van der Waals surface area contributed by atoms with E-state index >= 15 is 0 Å². The molecular weight excluding hydrogens is 320 g/mol. The Balaban J connectivity index is 1.36. The van der Waals surface area contributed by atoms with E-state index in [1.807, 2.05) is 0 Å². The number of hydrogen-bond donors (Lipinski definition) is 0. The van der Waals surface area contributed by atoms with Crippen LogP contribution in [0.25, 0.3) is 0 Å². The van der Waals surface area contributed by atoms with Crippen LogP contribution >= 0.6 is 0 Å². The normalized spacial score (nSPS) is 38.5. The largest absolute Gasteiger partial charge is 0.469 e. The minimum atomic E-state index is 0.0239. The van der Waals surface area contributed by atoms with Crippen LogP contribution in [0.2, 0.25) is 0 Å². The summed E-state index contributed by atoms with van der Waals surface area (Å²) < 4.78 is 4.94. The van der Waals surface area contributed by atoms with Gasteiger partial charge in [-0.15, -0.1) is 6.58 Å². The topological polar surface area (TPSA) is 26.3 Å². The van der Waals surface area contributed by atoms with Crippen molar-refractivity contribution in [3.05, 3.63) is 12.7 Å². The molecule has 26 heavy (non-hydrogen) atoms. The van der Waals surface area contributed by atoms with E-state index in [-0.39, 0.29) is 11.9 Å². The quantitative estimate of drug-likeness (QED) is 0.397. The van der Waals surface area contributed by atoms with Crippen molar-refractivity contribution in [2.24, 2.45) is 35.5 Å². The molecule has 0 radical (unpaired) electrons. The maximum absolute atomic E-state index is 11.7. The highest BCUT2D eigenvalue weighted by Crippen LogP contribution is 2.46. The Morgan fingerprint density at radius 1 is 0.808 bits per heavy atom. The van der Waals surface area contributed by atoms with Gasteiger partial charge in [0.1, 0.15) is 0 Å². The van der Waals surface area contributed by atoms with Gasteiger partial charge < -0.3 is 4.74 Å². The van der Waals surface area contributed by atoms with Gasteiger partial charge in [0.05, 0.1) is 13.0 Å². The summed E-state index contributed by atoms with van der Waals surface area (Å²) in [4.78, 5) is 11.7. The van der Waals surface area contributed by atoms with Gasteiger partial charge in [-0.25, -0.2) is 0 Å². The first-order chi connectivity index (χ1) is 12.7. The molecule has 3 saturated carbocycles. The van der Waals surface area contributed by atoms with Crippen LogP contribution in [-0.2, 0) is 9.53 Å². The van der Waals surface area contributed by atoms with E-state index in [1.54, 1.807) is 0 Å². The lowest BCUT2D eigenvalue weighted by atomic mass is 9.65. The molecule has 0 aromatic rings. The smallest absolute Gasteiger partial charge is 0.308 e. The molecule has 2 nitrogen and oxygen atoms in total. The van der Waals surface area contributed by atoms with Gasteiger partial charge in [-0.3, -0.25) is 4.79 Å². The lowest BCUT2D eigenvalue weighted by Crippen LogP contribution is -2.31. The van der Waals surface area contributed by atoms with E-state index in [4.69, 9.17) is 4.74 Å². The molecule has 0 aliphatic heterocycles. The maximum Gasteiger partial charge on any atom is 0.308 e. The number of rotatable bonds is 6. The first kappa shape index (κ1) is 20.0. The van der Waals surface area contributed by atoms with Crippen LogP contribution in [0.1, 0.15) is 89.9 Å². The molecule has 0 amide bonds.